The minimum absolute atomic E-state index is 0.00361. The average Bonchev–Trinajstić information content (AvgIpc) is 3.22. The molecule has 0 aliphatic carbocycles. The molecule has 72 heavy (non-hydrogen) atoms. The van der Waals surface area contributed by atoms with Crippen molar-refractivity contribution in [1.82, 2.24) is 0 Å². The van der Waals surface area contributed by atoms with E-state index < -0.39 is 8.60 Å². The van der Waals surface area contributed by atoms with Crippen molar-refractivity contribution in [2.24, 2.45) is 0 Å². The molecule has 0 radical (unpaired) electrons. The van der Waals surface area contributed by atoms with Crippen molar-refractivity contribution in [3.8, 4) is 55.6 Å². The maximum atomic E-state index is 7.23. The van der Waals surface area contributed by atoms with E-state index >= 15 is 0 Å². The van der Waals surface area contributed by atoms with E-state index in [1.807, 2.05) is 0 Å². The molecule has 4 heteroatoms. The minimum atomic E-state index is -2.62. The van der Waals surface area contributed by atoms with E-state index in [9.17, 15) is 0 Å². The predicted molar refractivity (Wildman–Crippen MR) is 317 cm³/mol. The van der Waals surface area contributed by atoms with Crippen molar-refractivity contribution in [3.63, 3.8) is 0 Å². The van der Waals surface area contributed by atoms with E-state index in [-0.39, 0.29) is 43.3 Å². The number of benzene rings is 6. The quantitative estimate of drug-likeness (QED) is 0.151. The molecular weight excluding hydrogens is 896 g/mol. The van der Waals surface area contributed by atoms with Gasteiger partial charge in [0.1, 0.15) is 0 Å². The Bertz CT molecular complexity index is 2870. The summed E-state index contributed by atoms with van der Waals surface area (Å²) in [6.45, 7) is 57.1. The first kappa shape index (κ1) is 58.5. The van der Waals surface area contributed by atoms with Crippen LogP contribution in [0.2, 0.25) is 0 Å². The molecule has 0 amide bonds. The van der Waals surface area contributed by atoms with Gasteiger partial charge in [0.05, 0.1) is 0 Å². The Balaban J connectivity index is 0.00000232. The molecule has 0 fully saturated rings. The van der Waals surface area contributed by atoms with Gasteiger partial charge in [-0.05, 0) is 150 Å². The van der Waals surface area contributed by atoms with Crippen LogP contribution >= 0.6 is 8.60 Å². The van der Waals surface area contributed by atoms with Crippen LogP contribution in [0, 0.1) is 0 Å². The molecule has 0 aliphatic rings. The van der Waals surface area contributed by atoms with Gasteiger partial charge in [0, 0.05) is 0 Å². The van der Waals surface area contributed by atoms with E-state index in [1.165, 1.54) is 100 Å². The molecule has 3 nitrogen and oxygen atoms in total. The Morgan fingerprint density at radius 2 is 0.500 bits per heavy atom. The zero-order valence-electron chi connectivity index (χ0n) is 49.2. The predicted octanol–water partition coefficient (Wildman–Crippen LogP) is 19.6. The Morgan fingerprint density at radius 1 is 0.250 bits per heavy atom. The highest BCUT2D eigenvalue weighted by Gasteiger charge is 2.35. The van der Waals surface area contributed by atoms with Gasteiger partial charge in [0.15, 0.2) is 0 Å². The van der Waals surface area contributed by atoms with Crippen LogP contribution in [0.3, 0.4) is 0 Å². The van der Waals surface area contributed by atoms with Crippen LogP contribution in [0.15, 0.2) is 109 Å². The van der Waals surface area contributed by atoms with Gasteiger partial charge in [-0.25, -0.2) is 0 Å². The lowest BCUT2D eigenvalue weighted by atomic mass is 9.69. The van der Waals surface area contributed by atoms with Gasteiger partial charge in [-0.3, -0.25) is 0 Å². The summed E-state index contributed by atoms with van der Waals surface area (Å²) < 4.78 is 0. The molecule has 0 saturated heterocycles. The van der Waals surface area contributed by atoms with Crippen molar-refractivity contribution in [2.75, 3.05) is 0 Å². The third kappa shape index (κ3) is 13.3. The summed E-state index contributed by atoms with van der Waals surface area (Å²) in [5.41, 5.74) is 23.1. The molecule has 6 rings (SSSR count). The molecule has 0 bridgehead atoms. The van der Waals surface area contributed by atoms with Crippen molar-refractivity contribution in [1.29, 1.82) is 0 Å². The molecule has 6 aromatic carbocycles. The van der Waals surface area contributed by atoms with Crippen LogP contribution in [-0.4, -0.2) is 14.7 Å². The van der Waals surface area contributed by atoms with Gasteiger partial charge in [0.2, 0.25) is 0 Å². The second-order valence-electron chi connectivity index (χ2n) is 28.8. The minimum Gasteiger partial charge on any atom is -0.328 e. The van der Waals surface area contributed by atoms with Crippen LogP contribution in [0.1, 0.15) is 211 Å². The molecule has 0 unspecified atom stereocenters. The van der Waals surface area contributed by atoms with E-state index in [4.69, 9.17) is 14.7 Å². The van der Waals surface area contributed by atoms with Crippen LogP contribution in [0.25, 0.3) is 55.6 Å². The van der Waals surface area contributed by atoms with Gasteiger partial charge >= 0.3 is 8.60 Å². The van der Waals surface area contributed by atoms with Crippen molar-refractivity contribution >= 4 is 8.60 Å². The van der Waals surface area contributed by atoms with Gasteiger partial charge in [-0.1, -0.05) is 269 Å². The van der Waals surface area contributed by atoms with Crippen molar-refractivity contribution in [2.45, 2.75) is 209 Å². The average molecular weight is 989 g/mol. The second-order valence-corrected chi connectivity index (χ2v) is 29.3. The second kappa shape index (κ2) is 20.4. The Kier molecular flexibility index (Phi) is 16.6. The van der Waals surface area contributed by atoms with Crippen molar-refractivity contribution < 1.29 is 14.7 Å². The number of hydrogen-bond acceptors (Lipinski definition) is 3. The van der Waals surface area contributed by atoms with Crippen LogP contribution in [0.4, 0.5) is 0 Å². The first-order valence-electron chi connectivity index (χ1n) is 26.3. The van der Waals surface area contributed by atoms with Crippen molar-refractivity contribution in [3.05, 3.63) is 154 Å². The van der Waals surface area contributed by atoms with Gasteiger partial charge in [-0.15, -0.1) is 0 Å². The third-order valence-corrected chi connectivity index (χ3v) is 14.3. The molecule has 3 N–H and O–H groups in total. The van der Waals surface area contributed by atoms with Gasteiger partial charge < -0.3 is 14.7 Å². The number of hydrogen-bond donors (Lipinski definition) is 3. The smallest absolute Gasteiger partial charge is 0.324 e. The molecule has 6 aromatic rings. The fraction of sp³-hybridized carbons (Fsp3) is 0.471. The number of rotatable bonds is 5. The maximum Gasteiger partial charge on any atom is 0.324 e. The fourth-order valence-corrected chi connectivity index (χ4v) is 9.99. The van der Waals surface area contributed by atoms with Crippen LogP contribution in [-0.2, 0) is 43.3 Å². The molecule has 0 aliphatic heterocycles. The monoisotopic (exact) mass is 989 g/mol. The SMILES string of the molecule is CC(C)(C)c1ccc(-c2cc(-c3ccc(C(C)(C)C)cc3C(C)(C)C)c(-c3ccc(C(C)(C)C)cc3C(C)(C)C)c(-c3ccc(C(C)(C)C)cc3C(C)(C)C)c2-c2ccccc2)c(C(C)(C)C)c1.OP(O)O. The maximum absolute atomic E-state index is 7.23. The van der Waals surface area contributed by atoms with Gasteiger partial charge in [0.25, 0.3) is 0 Å². The normalized spacial score (nSPS) is 13.3. The highest BCUT2D eigenvalue weighted by atomic mass is 31.2. The highest BCUT2D eigenvalue weighted by Crippen LogP contribution is 2.56. The molecule has 0 heterocycles. The first-order valence-corrected chi connectivity index (χ1v) is 27.5. The first-order chi connectivity index (χ1) is 32.5. The molecule has 0 aromatic heterocycles. The lowest BCUT2D eigenvalue weighted by Gasteiger charge is -2.35. The zero-order valence-corrected chi connectivity index (χ0v) is 50.1. The summed E-state index contributed by atoms with van der Waals surface area (Å²) in [6, 6.07) is 43.8. The summed E-state index contributed by atoms with van der Waals surface area (Å²) in [6.07, 6.45) is 0. The highest BCUT2D eigenvalue weighted by molar-refractivity contribution is 7.38. The standard InChI is InChI=1S/C68H90.H3O3P/c1-61(2,3)44-30-34-48(54(38-44)65(13,14)15)52-42-53(49-35-31-45(62(4,5)6)39-55(49)66(16,17)18)59(50-36-32-46(63(7,8)9)40-56(50)67(19,20)21)60(58(52)43-28-26-25-27-29-43)51-37-33-47(64(10,11)12)41-57(51)68(22,23)24;1-4(2)3/h25-42H,1-24H3;1-3H. The fourth-order valence-electron chi connectivity index (χ4n) is 9.99. The molecule has 0 saturated carbocycles. The Morgan fingerprint density at radius 3 is 0.778 bits per heavy atom. The van der Waals surface area contributed by atoms with Crippen LogP contribution in [0.5, 0.6) is 0 Å². The zero-order chi connectivity index (χ0) is 54.7. The lowest BCUT2D eigenvalue weighted by Crippen LogP contribution is -2.20. The lowest BCUT2D eigenvalue weighted by molar-refractivity contribution is 0.368. The summed E-state index contributed by atoms with van der Waals surface area (Å²) in [5.74, 6) is 0. The topological polar surface area (TPSA) is 60.7 Å². The summed E-state index contributed by atoms with van der Waals surface area (Å²) in [4.78, 5) is 21.7. The molecule has 0 atom stereocenters. The van der Waals surface area contributed by atoms with Crippen LogP contribution < -0.4 is 0 Å². The van der Waals surface area contributed by atoms with E-state index in [0.29, 0.717) is 0 Å². The molecular formula is C68H93O3P. The Labute approximate surface area is 440 Å². The largest absolute Gasteiger partial charge is 0.328 e. The Hall–Kier alpha value is -4.37. The summed E-state index contributed by atoms with van der Waals surface area (Å²) in [5, 5.41) is 0. The summed E-state index contributed by atoms with van der Waals surface area (Å²) in [7, 11) is -2.62. The molecule has 388 valence electrons. The van der Waals surface area contributed by atoms with E-state index in [1.54, 1.807) is 0 Å². The van der Waals surface area contributed by atoms with E-state index in [0.717, 1.165) is 0 Å². The van der Waals surface area contributed by atoms with Gasteiger partial charge in [-0.2, -0.15) is 0 Å². The molecule has 0 spiro atoms. The summed E-state index contributed by atoms with van der Waals surface area (Å²) >= 11 is 0. The third-order valence-electron chi connectivity index (χ3n) is 14.3. The van der Waals surface area contributed by atoms with E-state index in [2.05, 4.69) is 275 Å².